The van der Waals surface area contributed by atoms with Crippen molar-refractivity contribution < 1.29 is 13.9 Å². The van der Waals surface area contributed by atoms with Gasteiger partial charge in [-0.15, -0.1) is 0 Å². The van der Waals surface area contributed by atoms with Crippen molar-refractivity contribution in [3.8, 4) is 5.75 Å². The first-order valence-electron chi connectivity index (χ1n) is 6.26. The molecule has 0 aromatic heterocycles. The van der Waals surface area contributed by atoms with Gasteiger partial charge in [0.15, 0.2) is 0 Å². The van der Waals surface area contributed by atoms with Gasteiger partial charge in [0.25, 0.3) is 0 Å². The normalized spacial score (nSPS) is 20.7. The number of hydrogen-bond donors (Lipinski definition) is 0. The fourth-order valence-corrected chi connectivity index (χ4v) is 2.37. The lowest BCUT2D eigenvalue weighted by atomic mass is 10.0. The van der Waals surface area contributed by atoms with Crippen LogP contribution in [0.15, 0.2) is 18.2 Å². The molecule has 1 fully saturated rings. The van der Waals surface area contributed by atoms with E-state index in [0.717, 1.165) is 32.1 Å². The Hall–Kier alpha value is -1.42. The van der Waals surface area contributed by atoms with Gasteiger partial charge in [-0.25, -0.2) is 4.39 Å². The highest BCUT2D eigenvalue weighted by Gasteiger charge is 2.22. The minimum atomic E-state index is -0.274. The fraction of sp³-hybridized carbons (Fsp3) is 0.500. The van der Waals surface area contributed by atoms with Gasteiger partial charge in [0.1, 0.15) is 17.9 Å². The van der Waals surface area contributed by atoms with E-state index in [1.165, 1.54) is 13.2 Å². The van der Waals surface area contributed by atoms with Gasteiger partial charge in [-0.2, -0.15) is 0 Å². The Morgan fingerprint density at radius 1 is 1.50 bits per heavy atom. The third-order valence-electron chi connectivity index (χ3n) is 3.45. The van der Waals surface area contributed by atoms with E-state index in [1.54, 1.807) is 12.1 Å². The molecule has 1 atom stereocenters. The second-order valence-corrected chi connectivity index (χ2v) is 4.63. The number of ether oxygens (including phenoxy) is 1. The van der Waals surface area contributed by atoms with E-state index in [1.807, 2.05) is 4.90 Å². The summed E-state index contributed by atoms with van der Waals surface area (Å²) in [6.07, 6.45) is 4.00. The molecule has 1 heterocycles. The number of rotatable bonds is 4. The van der Waals surface area contributed by atoms with Gasteiger partial charge in [-0.1, -0.05) is 12.5 Å². The summed E-state index contributed by atoms with van der Waals surface area (Å²) >= 11 is 0. The van der Waals surface area contributed by atoms with Gasteiger partial charge in [0, 0.05) is 18.2 Å². The molecule has 2 rings (SSSR count). The number of carbonyl (C=O) groups excluding carboxylic acids is 1. The standard InChI is InChI=1S/C14H18FNO2/c1-18-13-6-5-11(14(15)8-13)9-16-7-3-2-4-12(16)10-17/h5-6,8,10,12H,2-4,7,9H2,1H3. The van der Waals surface area contributed by atoms with Crippen LogP contribution in [0.1, 0.15) is 24.8 Å². The highest BCUT2D eigenvalue weighted by molar-refractivity contribution is 5.57. The monoisotopic (exact) mass is 251 g/mol. The molecule has 1 aliphatic heterocycles. The predicted molar refractivity (Wildman–Crippen MR) is 67.1 cm³/mol. The first kappa shape index (κ1) is 13.0. The molecule has 1 aliphatic rings. The number of benzene rings is 1. The topological polar surface area (TPSA) is 29.5 Å². The Morgan fingerprint density at radius 3 is 3.00 bits per heavy atom. The van der Waals surface area contributed by atoms with Crippen LogP contribution in [-0.4, -0.2) is 30.9 Å². The molecular weight excluding hydrogens is 233 g/mol. The largest absolute Gasteiger partial charge is 0.497 e. The van der Waals surface area contributed by atoms with Crippen molar-refractivity contribution in [2.75, 3.05) is 13.7 Å². The molecule has 0 aliphatic carbocycles. The Kier molecular flexibility index (Phi) is 4.31. The van der Waals surface area contributed by atoms with Crippen molar-refractivity contribution in [2.45, 2.75) is 31.8 Å². The van der Waals surface area contributed by atoms with E-state index in [0.29, 0.717) is 17.9 Å². The van der Waals surface area contributed by atoms with E-state index in [-0.39, 0.29) is 11.9 Å². The maximum Gasteiger partial charge on any atom is 0.137 e. The maximum atomic E-state index is 13.8. The first-order chi connectivity index (χ1) is 8.74. The van der Waals surface area contributed by atoms with Crippen LogP contribution < -0.4 is 4.74 Å². The maximum absolute atomic E-state index is 13.8. The van der Waals surface area contributed by atoms with Crippen LogP contribution in [0.25, 0.3) is 0 Å². The van der Waals surface area contributed by atoms with Crippen molar-refractivity contribution >= 4 is 6.29 Å². The summed E-state index contributed by atoms with van der Waals surface area (Å²) in [7, 11) is 1.52. The minimum absolute atomic E-state index is 0.0692. The minimum Gasteiger partial charge on any atom is -0.497 e. The van der Waals surface area contributed by atoms with Crippen molar-refractivity contribution in [1.82, 2.24) is 4.90 Å². The second kappa shape index (κ2) is 5.96. The molecule has 1 aromatic carbocycles. The van der Waals surface area contributed by atoms with E-state index in [4.69, 9.17) is 4.74 Å². The van der Waals surface area contributed by atoms with Gasteiger partial charge >= 0.3 is 0 Å². The summed E-state index contributed by atoms with van der Waals surface area (Å²) in [5.41, 5.74) is 0.615. The van der Waals surface area contributed by atoms with E-state index in [9.17, 15) is 9.18 Å². The lowest BCUT2D eigenvalue weighted by Crippen LogP contribution is -2.40. The number of carbonyl (C=O) groups is 1. The van der Waals surface area contributed by atoms with Gasteiger partial charge in [0.2, 0.25) is 0 Å². The predicted octanol–water partition coefficient (Wildman–Crippen LogP) is 2.39. The van der Waals surface area contributed by atoms with E-state index >= 15 is 0 Å². The van der Waals surface area contributed by atoms with Crippen molar-refractivity contribution in [2.24, 2.45) is 0 Å². The van der Waals surface area contributed by atoms with Crippen LogP contribution in [0.4, 0.5) is 4.39 Å². The number of methoxy groups -OCH3 is 1. The molecule has 0 bridgehead atoms. The fourth-order valence-electron chi connectivity index (χ4n) is 2.37. The Bertz CT molecular complexity index is 422. The summed E-state index contributed by atoms with van der Waals surface area (Å²) < 4.78 is 18.8. The molecule has 1 unspecified atom stereocenters. The molecule has 0 N–H and O–H groups in total. The quantitative estimate of drug-likeness (QED) is 0.769. The molecule has 0 saturated carbocycles. The van der Waals surface area contributed by atoms with E-state index in [2.05, 4.69) is 0 Å². The summed E-state index contributed by atoms with van der Waals surface area (Å²) in [5, 5.41) is 0. The molecule has 1 aromatic rings. The van der Waals surface area contributed by atoms with Crippen LogP contribution in [0.3, 0.4) is 0 Å². The number of halogens is 1. The van der Waals surface area contributed by atoms with Crippen LogP contribution in [-0.2, 0) is 11.3 Å². The zero-order valence-electron chi connectivity index (χ0n) is 10.6. The zero-order chi connectivity index (χ0) is 13.0. The van der Waals surface area contributed by atoms with Gasteiger partial charge in [-0.3, -0.25) is 4.90 Å². The molecule has 1 saturated heterocycles. The number of likely N-dealkylation sites (tertiary alicyclic amines) is 1. The van der Waals surface area contributed by atoms with Crippen LogP contribution >= 0.6 is 0 Å². The number of aldehydes is 1. The Labute approximate surface area is 107 Å². The van der Waals surface area contributed by atoms with Gasteiger partial charge < -0.3 is 9.53 Å². The Morgan fingerprint density at radius 2 is 2.33 bits per heavy atom. The lowest BCUT2D eigenvalue weighted by Gasteiger charge is -2.32. The van der Waals surface area contributed by atoms with Crippen LogP contribution in [0, 0.1) is 5.82 Å². The highest BCUT2D eigenvalue weighted by Crippen LogP contribution is 2.22. The van der Waals surface area contributed by atoms with Gasteiger partial charge in [0.05, 0.1) is 13.2 Å². The van der Waals surface area contributed by atoms with Crippen molar-refractivity contribution in [3.63, 3.8) is 0 Å². The van der Waals surface area contributed by atoms with Crippen molar-refractivity contribution in [1.29, 1.82) is 0 Å². The summed E-state index contributed by atoms with van der Waals surface area (Å²) in [6.45, 7) is 1.34. The Balaban J connectivity index is 2.10. The molecule has 0 spiro atoms. The van der Waals surface area contributed by atoms with Crippen LogP contribution in [0.2, 0.25) is 0 Å². The third kappa shape index (κ3) is 2.88. The summed E-state index contributed by atoms with van der Waals surface area (Å²) in [6, 6.07) is 4.79. The molecule has 0 amide bonds. The molecule has 98 valence electrons. The SMILES string of the molecule is COc1ccc(CN2CCCCC2C=O)c(F)c1. The first-order valence-corrected chi connectivity index (χ1v) is 6.26. The van der Waals surface area contributed by atoms with Crippen molar-refractivity contribution in [3.05, 3.63) is 29.6 Å². The summed E-state index contributed by atoms with van der Waals surface area (Å²) in [4.78, 5) is 13.0. The molecule has 3 nitrogen and oxygen atoms in total. The van der Waals surface area contributed by atoms with E-state index < -0.39 is 0 Å². The zero-order valence-corrected chi connectivity index (χ0v) is 10.6. The van der Waals surface area contributed by atoms with Crippen LogP contribution in [0.5, 0.6) is 5.75 Å². The lowest BCUT2D eigenvalue weighted by molar-refractivity contribution is -0.113. The third-order valence-corrected chi connectivity index (χ3v) is 3.45. The second-order valence-electron chi connectivity index (χ2n) is 4.63. The average Bonchev–Trinajstić information content (AvgIpc) is 2.41. The highest BCUT2D eigenvalue weighted by atomic mass is 19.1. The van der Waals surface area contributed by atoms with Gasteiger partial charge in [-0.05, 0) is 25.5 Å². The molecule has 18 heavy (non-hydrogen) atoms. The summed E-state index contributed by atoms with van der Waals surface area (Å²) in [5.74, 6) is 0.242. The molecule has 0 radical (unpaired) electrons. The number of hydrogen-bond acceptors (Lipinski definition) is 3. The number of nitrogens with zero attached hydrogens (tertiary/aromatic N) is 1. The molecule has 4 heteroatoms. The number of piperidine rings is 1. The molecular formula is C14H18FNO2. The average molecular weight is 251 g/mol. The smallest absolute Gasteiger partial charge is 0.137 e.